The SMILES string of the molecule is O=C(Nc1cc(Br)ccc1F)C(Cl)c1ccccc1. The predicted octanol–water partition coefficient (Wildman–Crippen LogP) is 4.51. The van der Waals surface area contributed by atoms with E-state index in [1.165, 1.54) is 12.1 Å². The number of hydrogen-bond donors (Lipinski definition) is 1. The summed E-state index contributed by atoms with van der Waals surface area (Å²) < 4.78 is 14.2. The third-order valence-electron chi connectivity index (χ3n) is 2.51. The Kier molecular flexibility index (Phi) is 4.56. The lowest BCUT2D eigenvalue weighted by molar-refractivity contribution is -0.116. The molecule has 1 unspecified atom stereocenters. The van der Waals surface area contributed by atoms with Crippen LogP contribution in [0.4, 0.5) is 10.1 Å². The van der Waals surface area contributed by atoms with Crippen molar-refractivity contribution in [3.8, 4) is 0 Å². The highest BCUT2D eigenvalue weighted by atomic mass is 79.9. The Labute approximate surface area is 123 Å². The van der Waals surface area contributed by atoms with E-state index in [0.29, 0.717) is 10.0 Å². The monoisotopic (exact) mass is 341 g/mol. The van der Waals surface area contributed by atoms with E-state index < -0.39 is 17.1 Å². The third-order valence-corrected chi connectivity index (χ3v) is 3.45. The molecular formula is C14H10BrClFNO. The first-order valence-electron chi connectivity index (χ1n) is 5.53. The summed E-state index contributed by atoms with van der Waals surface area (Å²) in [6.07, 6.45) is 0. The van der Waals surface area contributed by atoms with E-state index in [9.17, 15) is 9.18 Å². The molecule has 1 N–H and O–H groups in total. The lowest BCUT2D eigenvalue weighted by atomic mass is 10.1. The van der Waals surface area contributed by atoms with Crippen LogP contribution in [0.1, 0.15) is 10.9 Å². The Morgan fingerprint density at radius 3 is 2.58 bits per heavy atom. The van der Waals surface area contributed by atoms with Crippen LogP contribution < -0.4 is 5.32 Å². The first-order valence-corrected chi connectivity index (χ1v) is 6.76. The number of rotatable bonds is 3. The van der Waals surface area contributed by atoms with Crippen LogP contribution in [0.15, 0.2) is 53.0 Å². The average molecular weight is 343 g/mol. The molecule has 1 amide bonds. The summed E-state index contributed by atoms with van der Waals surface area (Å²) in [5, 5.41) is 1.61. The van der Waals surface area contributed by atoms with Gasteiger partial charge >= 0.3 is 0 Å². The van der Waals surface area contributed by atoms with Crippen LogP contribution in [0.5, 0.6) is 0 Å². The van der Waals surface area contributed by atoms with Gasteiger partial charge in [-0.2, -0.15) is 0 Å². The Morgan fingerprint density at radius 2 is 1.89 bits per heavy atom. The minimum absolute atomic E-state index is 0.0981. The van der Waals surface area contributed by atoms with Crippen molar-refractivity contribution >= 4 is 39.1 Å². The smallest absolute Gasteiger partial charge is 0.247 e. The van der Waals surface area contributed by atoms with Gasteiger partial charge in [-0.1, -0.05) is 46.3 Å². The second kappa shape index (κ2) is 6.17. The summed E-state index contributed by atoms with van der Waals surface area (Å²) in [4.78, 5) is 12.0. The minimum Gasteiger partial charge on any atom is -0.322 e. The van der Waals surface area contributed by atoms with E-state index in [1.807, 2.05) is 6.07 Å². The molecule has 0 bridgehead atoms. The highest BCUT2D eigenvalue weighted by Crippen LogP contribution is 2.25. The largest absolute Gasteiger partial charge is 0.322 e. The van der Waals surface area contributed by atoms with E-state index >= 15 is 0 Å². The molecular weight excluding hydrogens is 333 g/mol. The first kappa shape index (κ1) is 14.0. The molecule has 19 heavy (non-hydrogen) atoms. The number of nitrogens with one attached hydrogen (secondary N) is 1. The van der Waals surface area contributed by atoms with Crippen molar-refractivity contribution in [1.82, 2.24) is 0 Å². The highest BCUT2D eigenvalue weighted by molar-refractivity contribution is 9.10. The predicted molar refractivity (Wildman–Crippen MR) is 77.8 cm³/mol. The summed E-state index contributed by atoms with van der Waals surface area (Å²) in [7, 11) is 0. The Morgan fingerprint density at radius 1 is 1.21 bits per heavy atom. The van der Waals surface area contributed by atoms with Crippen LogP contribution >= 0.6 is 27.5 Å². The van der Waals surface area contributed by atoms with E-state index in [0.717, 1.165) is 0 Å². The fourth-order valence-corrected chi connectivity index (χ4v) is 2.12. The molecule has 0 aromatic heterocycles. The zero-order valence-electron chi connectivity index (χ0n) is 9.74. The minimum atomic E-state index is -0.861. The molecule has 2 nitrogen and oxygen atoms in total. The van der Waals surface area contributed by atoms with Gasteiger partial charge in [-0.25, -0.2) is 4.39 Å². The van der Waals surface area contributed by atoms with Gasteiger partial charge in [0, 0.05) is 4.47 Å². The maximum Gasteiger partial charge on any atom is 0.247 e. The van der Waals surface area contributed by atoms with Crippen molar-refractivity contribution in [3.05, 3.63) is 64.4 Å². The van der Waals surface area contributed by atoms with Gasteiger partial charge < -0.3 is 5.32 Å². The number of anilines is 1. The number of alkyl halides is 1. The van der Waals surface area contributed by atoms with Gasteiger partial charge in [0.25, 0.3) is 0 Å². The molecule has 0 fully saturated rings. The van der Waals surface area contributed by atoms with Gasteiger partial charge in [0.05, 0.1) is 5.69 Å². The lowest BCUT2D eigenvalue weighted by Gasteiger charge is -2.11. The Balaban J connectivity index is 2.15. The summed E-state index contributed by atoms with van der Waals surface area (Å²) in [5.74, 6) is -0.974. The maximum atomic E-state index is 13.5. The number of carbonyl (C=O) groups excluding carboxylic acids is 1. The topological polar surface area (TPSA) is 29.1 Å². The van der Waals surface area contributed by atoms with Crippen molar-refractivity contribution < 1.29 is 9.18 Å². The molecule has 2 aromatic rings. The molecule has 2 rings (SSSR count). The summed E-state index contributed by atoms with van der Waals surface area (Å²) in [5.41, 5.74) is 0.762. The third kappa shape index (κ3) is 3.55. The molecule has 0 aliphatic carbocycles. The average Bonchev–Trinajstić information content (AvgIpc) is 2.43. The number of hydrogen-bond acceptors (Lipinski definition) is 1. The number of benzene rings is 2. The van der Waals surface area contributed by atoms with Crippen LogP contribution in [0, 0.1) is 5.82 Å². The zero-order chi connectivity index (χ0) is 13.8. The van der Waals surface area contributed by atoms with Crippen molar-refractivity contribution in [1.29, 1.82) is 0 Å². The second-order valence-electron chi connectivity index (χ2n) is 3.89. The molecule has 2 aromatic carbocycles. The van der Waals surface area contributed by atoms with Gasteiger partial charge in [0.1, 0.15) is 11.2 Å². The zero-order valence-corrected chi connectivity index (χ0v) is 12.1. The van der Waals surface area contributed by atoms with Crippen LogP contribution in [-0.4, -0.2) is 5.91 Å². The summed E-state index contributed by atoms with van der Waals surface area (Å²) >= 11 is 9.27. The molecule has 1 atom stereocenters. The van der Waals surface area contributed by atoms with Gasteiger partial charge in [-0.3, -0.25) is 4.79 Å². The molecule has 0 saturated heterocycles. The lowest BCUT2D eigenvalue weighted by Crippen LogP contribution is -2.18. The van der Waals surface area contributed by atoms with Gasteiger partial charge in [-0.05, 0) is 23.8 Å². The second-order valence-corrected chi connectivity index (χ2v) is 5.24. The van der Waals surface area contributed by atoms with Crippen molar-refractivity contribution in [2.45, 2.75) is 5.38 Å². The number of carbonyl (C=O) groups is 1. The Hall–Kier alpha value is -1.39. The van der Waals surface area contributed by atoms with Gasteiger partial charge in [0.15, 0.2) is 0 Å². The highest BCUT2D eigenvalue weighted by Gasteiger charge is 2.18. The molecule has 0 spiro atoms. The van der Waals surface area contributed by atoms with Gasteiger partial charge in [0.2, 0.25) is 5.91 Å². The number of amides is 1. The molecule has 0 aliphatic rings. The summed E-state index contributed by atoms with van der Waals surface area (Å²) in [6, 6.07) is 13.2. The van der Waals surface area contributed by atoms with Crippen LogP contribution in [0.2, 0.25) is 0 Å². The van der Waals surface area contributed by atoms with Crippen molar-refractivity contribution in [3.63, 3.8) is 0 Å². The quantitative estimate of drug-likeness (QED) is 0.817. The van der Waals surface area contributed by atoms with Gasteiger partial charge in [-0.15, -0.1) is 11.6 Å². The maximum absolute atomic E-state index is 13.5. The van der Waals surface area contributed by atoms with E-state index in [1.54, 1.807) is 30.3 Å². The molecule has 5 heteroatoms. The fraction of sp³-hybridized carbons (Fsp3) is 0.0714. The van der Waals surface area contributed by atoms with Crippen molar-refractivity contribution in [2.75, 3.05) is 5.32 Å². The molecule has 0 aliphatic heterocycles. The standard InChI is InChI=1S/C14H10BrClFNO/c15-10-6-7-11(17)12(8-10)18-14(19)13(16)9-4-2-1-3-5-9/h1-8,13H,(H,18,19). The molecule has 98 valence electrons. The van der Waals surface area contributed by atoms with Crippen molar-refractivity contribution in [2.24, 2.45) is 0 Å². The van der Waals surface area contributed by atoms with E-state index in [-0.39, 0.29) is 5.69 Å². The first-order chi connectivity index (χ1) is 9.08. The van der Waals surface area contributed by atoms with E-state index in [4.69, 9.17) is 11.6 Å². The molecule has 0 heterocycles. The van der Waals surface area contributed by atoms with Crippen LogP contribution in [0.25, 0.3) is 0 Å². The fourth-order valence-electron chi connectivity index (χ4n) is 1.56. The normalized spacial score (nSPS) is 11.9. The molecule has 0 radical (unpaired) electrons. The summed E-state index contributed by atoms with van der Waals surface area (Å²) in [6.45, 7) is 0. The molecule has 0 saturated carbocycles. The number of halogens is 3. The van der Waals surface area contributed by atoms with Crippen LogP contribution in [-0.2, 0) is 4.79 Å². The van der Waals surface area contributed by atoms with E-state index in [2.05, 4.69) is 21.2 Å². The Bertz CT molecular complexity index is 591. The van der Waals surface area contributed by atoms with Crippen LogP contribution in [0.3, 0.4) is 0 Å².